The fraction of sp³-hybridized carbons (Fsp3) is 0.0833. The predicted molar refractivity (Wildman–Crippen MR) is 67.5 cm³/mol. The molecule has 1 aromatic carbocycles. The maximum absolute atomic E-state index is 13.5. The highest BCUT2D eigenvalue weighted by Gasteiger charge is 2.11. The Morgan fingerprint density at radius 2 is 2.16 bits per heavy atom. The fourth-order valence-corrected chi connectivity index (χ4v) is 1.61. The van der Waals surface area contributed by atoms with Crippen molar-refractivity contribution in [1.29, 1.82) is 0 Å². The number of esters is 1. The first-order valence-corrected chi connectivity index (χ1v) is 5.92. The Bertz CT molecular complexity index is 622. The molecule has 0 unspecified atom stereocenters. The Kier molecular flexibility index (Phi) is 4.06. The summed E-state index contributed by atoms with van der Waals surface area (Å²) in [5.74, 6) is -1.22. The molecule has 2 rings (SSSR count). The van der Waals surface area contributed by atoms with Gasteiger partial charge in [0.1, 0.15) is 0 Å². The summed E-state index contributed by atoms with van der Waals surface area (Å²) in [6.45, 7) is 0. The molecule has 2 aromatic rings. The van der Waals surface area contributed by atoms with E-state index in [-0.39, 0.29) is 17.3 Å². The van der Waals surface area contributed by atoms with Crippen LogP contribution in [-0.2, 0) is 4.74 Å². The van der Waals surface area contributed by atoms with Gasteiger partial charge in [-0.15, -0.1) is 0 Å². The lowest BCUT2D eigenvalue weighted by molar-refractivity contribution is 0.0592. The number of carbonyl (C=O) groups is 1. The van der Waals surface area contributed by atoms with E-state index < -0.39 is 11.8 Å². The highest BCUT2D eigenvalue weighted by atomic mass is 79.9. The van der Waals surface area contributed by atoms with Crippen LogP contribution < -0.4 is 4.74 Å². The summed E-state index contributed by atoms with van der Waals surface area (Å²) in [7, 11) is 1.23. The summed E-state index contributed by atoms with van der Waals surface area (Å²) in [6.07, 6.45) is 2.50. The van der Waals surface area contributed by atoms with Crippen molar-refractivity contribution in [2.45, 2.75) is 0 Å². The van der Waals surface area contributed by atoms with E-state index in [1.807, 2.05) is 0 Å². The SMILES string of the molecule is COC(=O)c1cncc(Oc2cc(Br)ccc2F)n1. The summed E-state index contributed by atoms with van der Waals surface area (Å²) in [4.78, 5) is 18.9. The molecule has 0 atom stereocenters. The minimum atomic E-state index is -0.646. The van der Waals surface area contributed by atoms with Crippen LogP contribution in [0, 0.1) is 5.82 Å². The normalized spacial score (nSPS) is 10.1. The number of rotatable bonds is 3. The van der Waals surface area contributed by atoms with Crippen molar-refractivity contribution in [3.05, 3.63) is 46.6 Å². The van der Waals surface area contributed by atoms with Gasteiger partial charge in [0.25, 0.3) is 0 Å². The Balaban J connectivity index is 2.28. The molecule has 0 amide bonds. The molecule has 7 heteroatoms. The quantitative estimate of drug-likeness (QED) is 0.811. The van der Waals surface area contributed by atoms with Gasteiger partial charge in [0.15, 0.2) is 17.3 Å². The average molecular weight is 327 g/mol. The number of halogens is 2. The monoisotopic (exact) mass is 326 g/mol. The van der Waals surface area contributed by atoms with Crippen molar-refractivity contribution >= 4 is 21.9 Å². The number of hydrogen-bond acceptors (Lipinski definition) is 5. The maximum Gasteiger partial charge on any atom is 0.358 e. The summed E-state index contributed by atoms with van der Waals surface area (Å²) < 4.78 is 23.9. The van der Waals surface area contributed by atoms with Gasteiger partial charge in [0.2, 0.25) is 5.88 Å². The van der Waals surface area contributed by atoms with Crippen molar-refractivity contribution in [2.24, 2.45) is 0 Å². The van der Waals surface area contributed by atoms with Gasteiger partial charge in [0.05, 0.1) is 19.5 Å². The summed E-state index contributed by atoms with van der Waals surface area (Å²) in [5.41, 5.74) is -0.0181. The van der Waals surface area contributed by atoms with E-state index in [2.05, 4.69) is 30.6 Å². The molecule has 0 fully saturated rings. The third-order valence-electron chi connectivity index (χ3n) is 2.11. The number of nitrogens with zero attached hydrogens (tertiary/aromatic N) is 2. The van der Waals surface area contributed by atoms with Crippen LogP contribution in [0.4, 0.5) is 4.39 Å². The number of hydrogen-bond donors (Lipinski definition) is 0. The van der Waals surface area contributed by atoms with E-state index in [1.54, 1.807) is 6.07 Å². The van der Waals surface area contributed by atoms with Gasteiger partial charge in [-0.1, -0.05) is 15.9 Å². The number of carbonyl (C=O) groups excluding carboxylic acids is 1. The molecule has 0 spiro atoms. The highest BCUT2D eigenvalue weighted by Crippen LogP contribution is 2.26. The lowest BCUT2D eigenvalue weighted by Gasteiger charge is -2.06. The summed E-state index contributed by atoms with van der Waals surface area (Å²) >= 11 is 3.20. The topological polar surface area (TPSA) is 61.3 Å². The highest BCUT2D eigenvalue weighted by molar-refractivity contribution is 9.10. The zero-order valence-corrected chi connectivity index (χ0v) is 11.3. The van der Waals surface area contributed by atoms with Crippen molar-refractivity contribution in [3.63, 3.8) is 0 Å². The van der Waals surface area contributed by atoms with E-state index in [0.29, 0.717) is 4.47 Å². The van der Waals surface area contributed by atoms with Gasteiger partial charge in [-0.2, -0.15) is 0 Å². The van der Waals surface area contributed by atoms with Crippen LogP contribution in [0.2, 0.25) is 0 Å². The van der Waals surface area contributed by atoms with Gasteiger partial charge in [-0.25, -0.2) is 14.2 Å². The second-order valence-electron chi connectivity index (χ2n) is 3.41. The predicted octanol–water partition coefficient (Wildman–Crippen LogP) is 2.96. The van der Waals surface area contributed by atoms with Crippen LogP contribution in [0.25, 0.3) is 0 Å². The fourth-order valence-electron chi connectivity index (χ4n) is 1.27. The van der Waals surface area contributed by atoms with Gasteiger partial charge in [-0.05, 0) is 18.2 Å². The smallest absolute Gasteiger partial charge is 0.358 e. The molecular formula is C12H8BrFN2O3. The zero-order valence-electron chi connectivity index (χ0n) is 9.76. The minimum Gasteiger partial charge on any atom is -0.464 e. The minimum absolute atomic E-state index is 0.0000926. The number of aromatic nitrogens is 2. The molecule has 0 bridgehead atoms. The van der Waals surface area contributed by atoms with E-state index in [4.69, 9.17) is 4.74 Å². The molecule has 19 heavy (non-hydrogen) atoms. The molecule has 0 saturated carbocycles. The molecule has 0 aliphatic rings. The molecule has 0 radical (unpaired) electrons. The largest absolute Gasteiger partial charge is 0.464 e. The van der Waals surface area contributed by atoms with Crippen molar-refractivity contribution in [1.82, 2.24) is 9.97 Å². The Morgan fingerprint density at radius 3 is 2.89 bits per heavy atom. The first kappa shape index (κ1) is 13.4. The van der Waals surface area contributed by atoms with Gasteiger partial charge in [-0.3, -0.25) is 4.98 Å². The van der Waals surface area contributed by atoms with Gasteiger partial charge >= 0.3 is 5.97 Å². The Morgan fingerprint density at radius 1 is 1.37 bits per heavy atom. The molecule has 1 heterocycles. The van der Waals surface area contributed by atoms with Gasteiger partial charge in [0, 0.05) is 4.47 Å². The second-order valence-corrected chi connectivity index (χ2v) is 4.33. The maximum atomic E-state index is 13.5. The van der Waals surface area contributed by atoms with Crippen LogP contribution in [-0.4, -0.2) is 23.0 Å². The lowest BCUT2D eigenvalue weighted by Crippen LogP contribution is -2.05. The summed E-state index contributed by atoms with van der Waals surface area (Å²) in [6, 6.07) is 4.23. The molecule has 0 aliphatic heterocycles. The second kappa shape index (κ2) is 5.75. The molecule has 0 aliphatic carbocycles. The van der Waals surface area contributed by atoms with Gasteiger partial charge < -0.3 is 9.47 Å². The average Bonchev–Trinajstić information content (AvgIpc) is 2.42. The first-order chi connectivity index (χ1) is 9.10. The van der Waals surface area contributed by atoms with Crippen LogP contribution in [0.15, 0.2) is 35.1 Å². The molecule has 0 N–H and O–H groups in total. The first-order valence-electron chi connectivity index (χ1n) is 5.13. The number of benzene rings is 1. The third kappa shape index (κ3) is 3.25. The zero-order chi connectivity index (χ0) is 13.8. The van der Waals surface area contributed by atoms with E-state index in [1.165, 1.54) is 31.6 Å². The van der Waals surface area contributed by atoms with E-state index in [9.17, 15) is 9.18 Å². The van der Waals surface area contributed by atoms with E-state index >= 15 is 0 Å². The third-order valence-corrected chi connectivity index (χ3v) is 2.61. The van der Waals surface area contributed by atoms with Crippen LogP contribution in [0.1, 0.15) is 10.5 Å². The molecule has 1 aromatic heterocycles. The molecule has 5 nitrogen and oxygen atoms in total. The van der Waals surface area contributed by atoms with Crippen molar-refractivity contribution < 1.29 is 18.7 Å². The Labute approximate surface area is 116 Å². The van der Waals surface area contributed by atoms with E-state index in [0.717, 1.165) is 0 Å². The molecular weight excluding hydrogens is 319 g/mol. The summed E-state index contributed by atoms with van der Waals surface area (Å²) in [5, 5.41) is 0. The number of ether oxygens (including phenoxy) is 2. The van der Waals surface area contributed by atoms with Crippen molar-refractivity contribution in [2.75, 3.05) is 7.11 Å². The van der Waals surface area contributed by atoms with Crippen LogP contribution in [0.5, 0.6) is 11.6 Å². The molecule has 0 saturated heterocycles. The molecule has 98 valence electrons. The Hall–Kier alpha value is -2.02. The standard InChI is InChI=1S/C12H8BrFN2O3/c1-18-12(17)9-5-15-6-11(16-9)19-10-4-7(13)2-3-8(10)14/h2-6H,1H3. The van der Waals surface area contributed by atoms with Crippen LogP contribution >= 0.6 is 15.9 Å². The van der Waals surface area contributed by atoms with Crippen LogP contribution in [0.3, 0.4) is 0 Å². The number of methoxy groups -OCH3 is 1. The lowest BCUT2D eigenvalue weighted by atomic mass is 10.3. The van der Waals surface area contributed by atoms with Crippen molar-refractivity contribution in [3.8, 4) is 11.6 Å².